The Hall–Kier alpha value is -2.18. The Balaban J connectivity index is 1.88. The molecule has 0 bridgehead atoms. The van der Waals surface area contributed by atoms with E-state index in [0.29, 0.717) is 20.7 Å². The van der Waals surface area contributed by atoms with Crippen LogP contribution in [0.4, 0.5) is 10.1 Å². The summed E-state index contributed by atoms with van der Waals surface area (Å²) in [5.41, 5.74) is 1.29. The number of anilines is 1. The molecule has 0 N–H and O–H groups in total. The van der Waals surface area contributed by atoms with Crippen molar-refractivity contribution in [3.8, 4) is 0 Å². The Morgan fingerprint density at radius 1 is 1.35 bits per heavy atom. The van der Waals surface area contributed by atoms with Gasteiger partial charge in [-0.1, -0.05) is 30.0 Å². The van der Waals surface area contributed by atoms with Crippen molar-refractivity contribution in [2.45, 2.75) is 6.92 Å². The predicted octanol–water partition coefficient (Wildman–Crippen LogP) is 4.77. The number of amides is 1. The van der Waals surface area contributed by atoms with Gasteiger partial charge in [0.05, 0.1) is 16.9 Å². The van der Waals surface area contributed by atoms with Gasteiger partial charge < -0.3 is 4.42 Å². The van der Waals surface area contributed by atoms with E-state index in [1.807, 2.05) is 19.1 Å². The first kappa shape index (κ1) is 15.7. The van der Waals surface area contributed by atoms with E-state index >= 15 is 0 Å². The molecule has 0 saturated carbocycles. The van der Waals surface area contributed by atoms with Crippen molar-refractivity contribution in [1.29, 1.82) is 0 Å². The lowest BCUT2D eigenvalue weighted by molar-refractivity contribution is -0.113. The minimum atomic E-state index is -0.408. The van der Waals surface area contributed by atoms with Crippen molar-refractivity contribution < 1.29 is 13.6 Å². The van der Waals surface area contributed by atoms with Crippen LogP contribution in [0.1, 0.15) is 12.7 Å². The first-order chi connectivity index (χ1) is 11.0. The molecule has 1 aliphatic heterocycles. The maximum Gasteiger partial charge on any atom is 0.270 e. The summed E-state index contributed by atoms with van der Waals surface area (Å²) in [6.45, 7) is 1.87. The molecule has 1 amide bonds. The Morgan fingerprint density at radius 3 is 2.87 bits per heavy atom. The molecular weight excluding hydrogens is 333 g/mol. The van der Waals surface area contributed by atoms with Gasteiger partial charge in [-0.25, -0.2) is 4.39 Å². The van der Waals surface area contributed by atoms with Crippen molar-refractivity contribution >= 4 is 46.0 Å². The third-order valence-electron chi connectivity index (χ3n) is 3.13. The van der Waals surface area contributed by atoms with Gasteiger partial charge in [0.2, 0.25) is 0 Å². The second kappa shape index (κ2) is 6.52. The average molecular weight is 345 g/mol. The number of thioether (sulfide) groups is 1. The summed E-state index contributed by atoms with van der Waals surface area (Å²) < 4.78 is 19.0. The monoisotopic (exact) mass is 345 g/mol. The molecule has 2 heterocycles. The van der Waals surface area contributed by atoms with Crippen LogP contribution in [0.15, 0.2) is 63.6 Å². The van der Waals surface area contributed by atoms with Crippen LogP contribution < -0.4 is 4.90 Å². The minimum absolute atomic E-state index is 0.252. The van der Waals surface area contributed by atoms with E-state index < -0.39 is 5.82 Å². The van der Waals surface area contributed by atoms with E-state index in [0.717, 1.165) is 5.57 Å². The van der Waals surface area contributed by atoms with Gasteiger partial charge in [0.25, 0.3) is 5.91 Å². The van der Waals surface area contributed by atoms with Gasteiger partial charge in [-0.05, 0) is 55.0 Å². The number of thiocarbonyl (C=S) groups is 1. The molecule has 1 saturated heterocycles. The van der Waals surface area contributed by atoms with Crippen molar-refractivity contribution in [2.75, 3.05) is 4.90 Å². The average Bonchev–Trinajstić information content (AvgIpc) is 3.08. The third kappa shape index (κ3) is 3.43. The van der Waals surface area contributed by atoms with E-state index in [4.69, 9.17) is 16.6 Å². The number of hydrogen-bond donors (Lipinski definition) is 0. The third-order valence-corrected chi connectivity index (χ3v) is 4.43. The van der Waals surface area contributed by atoms with Crippen molar-refractivity contribution in [1.82, 2.24) is 0 Å². The van der Waals surface area contributed by atoms with Gasteiger partial charge in [-0.2, -0.15) is 0 Å². The second-order valence-corrected chi connectivity index (χ2v) is 6.58. The summed E-state index contributed by atoms with van der Waals surface area (Å²) in [6, 6.07) is 9.45. The van der Waals surface area contributed by atoms with Crippen molar-refractivity contribution in [2.24, 2.45) is 0 Å². The van der Waals surface area contributed by atoms with E-state index in [1.165, 1.54) is 28.8 Å². The van der Waals surface area contributed by atoms with Crippen LogP contribution in [-0.2, 0) is 4.79 Å². The van der Waals surface area contributed by atoms with E-state index in [-0.39, 0.29) is 5.91 Å². The summed E-state index contributed by atoms with van der Waals surface area (Å²) in [5, 5.41) is 0. The van der Waals surface area contributed by atoms with Crippen LogP contribution in [0.25, 0.3) is 6.08 Å². The summed E-state index contributed by atoms with van der Waals surface area (Å²) in [4.78, 5) is 14.4. The highest BCUT2D eigenvalue weighted by Crippen LogP contribution is 2.35. The molecule has 0 spiro atoms. The fourth-order valence-corrected chi connectivity index (χ4v) is 3.50. The minimum Gasteiger partial charge on any atom is -0.465 e. The molecule has 1 aromatic carbocycles. The topological polar surface area (TPSA) is 33.5 Å². The summed E-state index contributed by atoms with van der Waals surface area (Å²) in [5.74, 6) is 0.0478. The number of hydrogen-bond acceptors (Lipinski definition) is 4. The normalized spacial score (nSPS) is 17.4. The first-order valence-electron chi connectivity index (χ1n) is 6.80. The van der Waals surface area contributed by atoms with Crippen LogP contribution in [0.3, 0.4) is 0 Å². The maximum absolute atomic E-state index is 13.4. The van der Waals surface area contributed by atoms with E-state index in [2.05, 4.69) is 0 Å². The number of furan rings is 1. The molecule has 0 aliphatic carbocycles. The molecular formula is C17H12FNO2S2. The molecule has 116 valence electrons. The molecule has 3 rings (SSSR count). The lowest BCUT2D eigenvalue weighted by Gasteiger charge is -2.14. The van der Waals surface area contributed by atoms with Crippen LogP contribution >= 0.6 is 24.0 Å². The standard InChI is InChI=1S/C17H12FNO2S2/c1-11(8-14-6-3-7-21-14)9-15-16(20)19(17(22)23-15)13-5-2-4-12(18)10-13/h2-10H,1H3/b11-8+,15-9+. The Bertz CT molecular complexity index is 825. The molecule has 0 radical (unpaired) electrons. The van der Waals surface area contributed by atoms with E-state index in [1.54, 1.807) is 30.5 Å². The molecule has 6 heteroatoms. The predicted molar refractivity (Wildman–Crippen MR) is 94.5 cm³/mol. The molecule has 1 fully saturated rings. The number of nitrogens with zero attached hydrogens (tertiary/aromatic N) is 1. The first-order valence-corrected chi connectivity index (χ1v) is 8.02. The second-order valence-electron chi connectivity index (χ2n) is 4.90. The molecule has 0 atom stereocenters. The van der Waals surface area contributed by atoms with Crippen LogP contribution in [0.2, 0.25) is 0 Å². The number of carbonyl (C=O) groups excluding carboxylic acids is 1. The van der Waals surface area contributed by atoms with Gasteiger partial charge in [-0.3, -0.25) is 9.69 Å². The largest absolute Gasteiger partial charge is 0.465 e. The smallest absolute Gasteiger partial charge is 0.270 e. The number of rotatable bonds is 3. The molecule has 0 unspecified atom stereocenters. The number of allylic oxidation sites excluding steroid dienone is 2. The molecule has 1 aromatic heterocycles. The van der Waals surface area contributed by atoms with Gasteiger partial charge >= 0.3 is 0 Å². The number of benzene rings is 1. The highest BCUT2D eigenvalue weighted by molar-refractivity contribution is 8.27. The summed E-state index contributed by atoms with van der Waals surface area (Å²) >= 11 is 6.45. The highest BCUT2D eigenvalue weighted by atomic mass is 32.2. The Labute approximate surface area is 142 Å². The Kier molecular flexibility index (Phi) is 4.45. The van der Waals surface area contributed by atoms with Crippen LogP contribution in [0.5, 0.6) is 0 Å². The quantitative estimate of drug-likeness (QED) is 0.593. The number of halogens is 1. The zero-order valence-corrected chi connectivity index (χ0v) is 13.8. The van der Waals surface area contributed by atoms with Crippen LogP contribution in [-0.4, -0.2) is 10.2 Å². The zero-order valence-electron chi connectivity index (χ0n) is 12.2. The van der Waals surface area contributed by atoms with Gasteiger partial charge in [0.1, 0.15) is 11.6 Å². The number of carbonyl (C=O) groups is 1. The van der Waals surface area contributed by atoms with Gasteiger partial charge in [0.15, 0.2) is 4.32 Å². The lowest BCUT2D eigenvalue weighted by atomic mass is 10.2. The lowest BCUT2D eigenvalue weighted by Crippen LogP contribution is -2.27. The van der Waals surface area contributed by atoms with Crippen molar-refractivity contribution in [3.63, 3.8) is 0 Å². The highest BCUT2D eigenvalue weighted by Gasteiger charge is 2.33. The van der Waals surface area contributed by atoms with Gasteiger partial charge in [-0.15, -0.1) is 0 Å². The molecule has 23 heavy (non-hydrogen) atoms. The summed E-state index contributed by atoms with van der Waals surface area (Å²) in [6.07, 6.45) is 5.17. The van der Waals surface area contributed by atoms with Gasteiger partial charge in [0, 0.05) is 0 Å². The summed E-state index contributed by atoms with van der Waals surface area (Å²) in [7, 11) is 0. The molecule has 2 aromatic rings. The van der Waals surface area contributed by atoms with Crippen molar-refractivity contribution in [3.05, 3.63) is 70.8 Å². The maximum atomic E-state index is 13.4. The molecule has 3 nitrogen and oxygen atoms in total. The Morgan fingerprint density at radius 2 is 2.17 bits per heavy atom. The SMILES string of the molecule is CC(=C\c1ccco1)/C=C1/SC(=S)N(c2cccc(F)c2)C1=O. The van der Waals surface area contributed by atoms with Crippen LogP contribution in [0, 0.1) is 5.82 Å². The molecule has 1 aliphatic rings. The fraction of sp³-hybridized carbons (Fsp3) is 0.0588. The fourth-order valence-electron chi connectivity index (χ4n) is 2.15. The zero-order chi connectivity index (χ0) is 16.4. The van der Waals surface area contributed by atoms with E-state index in [9.17, 15) is 9.18 Å².